The van der Waals surface area contributed by atoms with Gasteiger partial charge in [-0.1, -0.05) is 90.4 Å². The Balaban J connectivity index is 0. The molecule has 0 aliphatic heterocycles. The summed E-state index contributed by atoms with van der Waals surface area (Å²) in [5.74, 6) is -0.888. The number of rotatable bonds is 21. The highest BCUT2D eigenvalue weighted by Crippen LogP contribution is 2.15. The molecule has 0 bridgehead atoms. The van der Waals surface area contributed by atoms with Gasteiger partial charge in [0, 0.05) is 19.6 Å². The molecule has 0 spiro atoms. The lowest BCUT2D eigenvalue weighted by atomic mass is 9.95. The Hall–Kier alpha value is -0.730. The van der Waals surface area contributed by atoms with E-state index in [0.29, 0.717) is 26.1 Å². The predicted octanol–water partition coefficient (Wildman–Crippen LogP) is 3.54. The molecule has 0 fully saturated rings. The van der Waals surface area contributed by atoms with Gasteiger partial charge in [0.2, 0.25) is 0 Å². The molecule has 6 N–H and O–H groups in total. The molecule has 0 aromatic rings. The molecular weight excluding hydrogens is 396 g/mol. The fraction of sp³-hybridized carbons (Fsp3) is 0.958. The number of hydrogen-bond donors (Lipinski definition) is 5. The van der Waals surface area contributed by atoms with Crippen LogP contribution in [0.4, 0.5) is 0 Å². The quantitative estimate of drug-likeness (QED) is 0.170. The smallest absolute Gasteiger partial charge is 0.323 e. The van der Waals surface area contributed by atoms with Crippen molar-refractivity contribution in [1.82, 2.24) is 4.90 Å². The van der Waals surface area contributed by atoms with E-state index >= 15 is 0 Å². The third kappa shape index (κ3) is 23.8. The molecule has 0 aliphatic carbocycles. The van der Waals surface area contributed by atoms with Crippen molar-refractivity contribution >= 4 is 5.97 Å². The average Bonchev–Trinajstić information content (AvgIpc) is 2.72. The lowest BCUT2D eigenvalue weighted by molar-refractivity contribution is -0.142. The maximum atomic E-state index is 10.8. The van der Waals surface area contributed by atoms with E-state index in [4.69, 9.17) is 26.2 Å². The standard InChI is InChI=1S/C18H37NO2.C6H15NO3/c1-3-4-5-6-7-8-9-10-11-12-13-14-15-16-18(2,19)17(20)21;8-4-1-7(2-5-9)3-6-10/h3-16,19H2,1-2H3,(H,20,21);8-10H,1-6H2. The summed E-state index contributed by atoms with van der Waals surface area (Å²) < 4.78 is 0. The monoisotopic (exact) mass is 448 g/mol. The molecule has 0 rings (SSSR count). The Bertz CT molecular complexity index is 367. The Kier molecular flexibility index (Phi) is 25.0. The van der Waals surface area contributed by atoms with Gasteiger partial charge >= 0.3 is 5.97 Å². The second-order valence-corrected chi connectivity index (χ2v) is 8.73. The van der Waals surface area contributed by atoms with Crippen molar-refractivity contribution in [3.8, 4) is 0 Å². The minimum absolute atomic E-state index is 0.0694. The molecule has 1 unspecified atom stereocenters. The second-order valence-electron chi connectivity index (χ2n) is 8.73. The number of aliphatic hydroxyl groups excluding tert-OH is 3. The van der Waals surface area contributed by atoms with Crippen LogP contribution >= 0.6 is 0 Å². The van der Waals surface area contributed by atoms with Crippen molar-refractivity contribution < 1.29 is 25.2 Å². The van der Waals surface area contributed by atoms with Gasteiger partial charge in [-0.2, -0.15) is 0 Å². The van der Waals surface area contributed by atoms with Crippen LogP contribution in [0.25, 0.3) is 0 Å². The fourth-order valence-corrected chi connectivity index (χ4v) is 3.38. The summed E-state index contributed by atoms with van der Waals surface area (Å²) in [5.41, 5.74) is 4.66. The fourth-order valence-electron chi connectivity index (χ4n) is 3.38. The molecule has 1 atom stereocenters. The highest BCUT2D eigenvalue weighted by molar-refractivity contribution is 5.77. The largest absolute Gasteiger partial charge is 0.480 e. The van der Waals surface area contributed by atoms with Crippen LogP contribution in [0.15, 0.2) is 0 Å². The normalized spacial score (nSPS) is 13.0. The molecule has 7 heteroatoms. The van der Waals surface area contributed by atoms with E-state index in [0.717, 1.165) is 12.8 Å². The first kappa shape index (κ1) is 32.4. The Morgan fingerprint density at radius 3 is 1.32 bits per heavy atom. The zero-order chi connectivity index (χ0) is 23.8. The molecule has 188 valence electrons. The number of carboxylic acid groups (broad SMARTS) is 1. The number of aliphatic hydroxyl groups is 3. The van der Waals surface area contributed by atoms with Crippen molar-refractivity contribution in [3.05, 3.63) is 0 Å². The van der Waals surface area contributed by atoms with Crippen molar-refractivity contribution in [2.24, 2.45) is 5.73 Å². The third-order valence-corrected chi connectivity index (χ3v) is 5.54. The predicted molar refractivity (Wildman–Crippen MR) is 128 cm³/mol. The number of nitrogens with zero attached hydrogens (tertiary/aromatic N) is 1. The van der Waals surface area contributed by atoms with E-state index in [1.54, 1.807) is 11.8 Å². The molecule has 0 amide bonds. The molecule has 0 radical (unpaired) electrons. The van der Waals surface area contributed by atoms with Gasteiger partial charge < -0.3 is 26.2 Å². The first-order valence-electron chi connectivity index (χ1n) is 12.4. The van der Waals surface area contributed by atoms with Gasteiger partial charge in [0.1, 0.15) is 5.54 Å². The van der Waals surface area contributed by atoms with Crippen LogP contribution in [0.5, 0.6) is 0 Å². The first-order valence-corrected chi connectivity index (χ1v) is 12.4. The zero-order valence-corrected chi connectivity index (χ0v) is 20.4. The molecule has 0 aromatic heterocycles. The van der Waals surface area contributed by atoms with Crippen molar-refractivity contribution in [2.45, 2.75) is 109 Å². The Morgan fingerprint density at radius 2 is 1.03 bits per heavy atom. The van der Waals surface area contributed by atoms with E-state index < -0.39 is 11.5 Å². The van der Waals surface area contributed by atoms with Crippen LogP contribution in [0.3, 0.4) is 0 Å². The maximum absolute atomic E-state index is 10.8. The van der Waals surface area contributed by atoms with E-state index in [1.807, 2.05) is 0 Å². The van der Waals surface area contributed by atoms with Gasteiger partial charge in [0.05, 0.1) is 19.8 Å². The lowest BCUT2D eigenvalue weighted by Gasteiger charge is -2.18. The number of carbonyl (C=O) groups is 1. The number of hydrogen-bond acceptors (Lipinski definition) is 6. The van der Waals surface area contributed by atoms with Crippen molar-refractivity contribution in [1.29, 1.82) is 0 Å². The van der Waals surface area contributed by atoms with Crippen LogP contribution in [-0.2, 0) is 4.79 Å². The SMILES string of the molecule is CCCCCCCCCCCCCCCC(C)(N)C(=O)O.OCCN(CCO)CCO. The second kappa shape index (κ2) is 23.9. The van der Waals surface area contributed by atoms with Gasteiger partial charge in [-0.25, -0.2) is 0 Å². The minimum Gasteiger partial charge on any atom is -0.480 e. The summed E-state index contributed by atoms with van der Waals surface area (Å²) in [6, 6.07) is 0. The molecule has 0 heterocycles. The van der Waals surface area contributed by atoms with Crippen LogP contribution < -0.4 is 5.73 Å². The summed E-state index contributed by atoms with van der Waals surface area (Å²) in [6.07, 6.45) is 17.5. The van der Waals surface area contributed by atoms with Crippen LogP contribution in [0.1, 0.15) is 104 Å². The Labute approximate surface area is 191 Å². The molecule has 0 aliphatic rings. The van der Waals surface area contributed by atoms with Gasteiger partial charge in [-0.3, -0.25) is 9.69 Å². The van der Waals surface area contributed by atoms with Crippen molar-refractivity contribution in [3.63, 3.8) is 0 Å². The minimum atomic E-state index is -1.04. The molecular formula is C24H52N2O5. The van der Waals surface area contributed by atoms with Gasteiger partial charge in [-0.05, 0) is 13.3 Å². The number of nitrogens with two attached hydrogens (primary N) is 1. The highest BCUT2D eigenvalue weighted by Gasteiger charge is 2.26. The number of unbranched alkanes of at least 4 members (excludes halogenated alkanes) is 12. The van der Waals surface area contributed by atoms with Crippen LogP contribution in [0.2, 0.25) is 0 Å². The summed E-state index contributed by atoms with van der Waals surface area (Å²) in [5, 5.41) is 34.4. The topological polar surface area (TPSA) is 127 Å². The Morgan fingerprint density at radius 1 is 0.710 bits per heavy atom. The molecule has 0 saturated heterocycles. The van der Waals surface area contributed by atoms with Gasteiger partial charge in [0.25, 0.3) is 0 Å². The summed E-state index contributed by atoms with van der Waals surface area (Å²) in [4.78, 5) is 12.6. The summed E-state index contributed by atoms with van der Waals surface area (Å²) in [7, 11) is 0. The summed E-state index contributed by atoms with van der Waals surface area (Å²) in [6.45, 7) is 5.62. The van der Waals surface area contributed by atoms with Gasteiger partial charge in [-0.15, -0.1) is 0 Å². The molecule has 0 aromatic carbocycles. The van der Waals surface area contributed by atoms with E-state index in [2.05, 4.69) is 6.92 Å². The zero-order valence-electron chi connectivity index (χ0n) is 20.4. The van der Waals surface area contributed by atoms with Crippen molar-refractivity contribution in [2.75, 3.05) is 39.5 Å². The van der Waals surface area contributed by atoms with Crippen LogP contribution in [0, 0.1) is 0 Å². The van der Waals surface area contributed by atoms with Gasteiger partial charge in [0.15, 0.2) is 0 Å². The van der Waals surface area contributed by atoms with E-state index in [-0.39, 0.29) is 19.8 Å². The third-order valence-electron chi connectivity index (χ3n) is 5.54. The highest BCUT2D eigenvalue weighted by atomic mass is 16.4. The van der Waals surface area contributed by atoms with E-state index in [9.17, 15) is 4.79 Å². The molecule has 0 saturated carbocycles. The molecule has 31 heavy (non-hydrogen) atoms. The van der Waals surface area contributed by atoms with E-state index in [1.165, 1.54) is 70.6 Å². The maximum Gasteiger partial charge on any atom is 0.323 e. The summed E-state index contributed by atoms with van der Waals surface area (Å²) >= 11 is 0. The average molecular weight is 449 g/mol. The number of aliphatic carboxylic acids is 1. The number of carboxylic acids is 1. The van der Waals surface area contributed by atoms with Crippen LogP contribution in [-0.4, -0.2) is 76.3 Å². The first-order chi connectivity index (χ1) is 14.9. The molecule has 7 nitrogen and oxygen atoms in total. The lowest BCUT2D eigenvalue weighted by Crippen LogP contribution is -2.44.